The van der Waals surface area contributed by atoms with Gasteiger partial charge in [-0.3, -0.25) is 4.79 Å². The van der Waals surface area contributed by atoms with Gasteiger partial charge < -0.3 is 10.2 Å². The molecule has 2 aromatic carbocycles. The minimum atomic E-state index is -0.609. The average Bonchev–Trinajstić information content (AvgIpc) is 2.58. The molecule has 0 bridgehead atoms. The van der Waals surface area contributed by atoms with Crippen LogP contribution < -0.4 is 5.32 Å². The van der Waals surface area contributed by atoms with Crippen molar-refractivity contribution in [3.05, 3.63) is 71.0 Å². The van der Waals surface area contributed by atoms with Crippen molar-refractivity contribution in [2.45, 2.75) is 12.5 Å². The van der Waals surface area contributed by atoms with Gasteiger partial charge in [-0.2, -0.15) is 0 Å². The van der Waals surface area contributed by atoms with Crippen LogP contribution in [0.15, 0.2) is 42.5 Å². The third-order valence-corrected chi connectivity index (χ3v) is 4.15. The Bertz CT molecular complexity index is 757. The highest BCUT2D eigenvalue weighted by Gasteiger charge is 2.28. The van der Waals surface area contributed by atoms with Gasteiger partial charge in [-0.05, 0) is 35.9 Å². The Morgan fingerprint density at radius 1 is 1.12 bits per heavy atom. The predicted molar refractivity (Wildman–Crippen MR) is 91.0 cm³/mol. The van der Waals surface area contributed by atoms with E-state index in [0.717, 1.165) is 18.2 Å². The number of rotatable bonds is 3. The molecule has 1 saturated heterocycles. The fourth-order valence-corrected chi connectivity index (χ4v) is 2.96. The number of benzene rings is 2. The lowest BCUT2D eigenvalue weighted by Gasteiger charge is -2.36. The lowest BCUT2D eigenvalue weighted by atomic mass is 10.0. The van der Waals surface area contributed by atoms with Gasteiger partial charge in [0.2, 0.25) is 5.91 Å². The Kier molecular flexibility index (Phi) is 6.45. The van der Waals surface area contributed by atoms with Crippen molar-refractivity contribution in [3.63, 3.8) is 0 Å². The minimum absolute atomic E-state index is 0. The predicted octanol–water partition coefficient (Wildman–Crippen LogP) is 3.24. The lowest BCUT2D eigenvalue weighted by Crippen LogP contribution is -2.49. The van der Waals surface area contributed by atoms with Crippen LogP contribution in [-0.2, 0) is 11.2 Å². The summed E-state index contributed by atoms with van der Waals surface area (Å²) in [5.41, 5.74) is 0.701. The van der Waals surface area contributed by atoms with Crippen LogP contribution in [0.25, 0.3) is 0 Å². The number of carbonyl (C=O) groups excluding carboxylic acids is 1. The van der Waals surface area contributed by atoms with E-state index >= 15 is 0 Å². The second kappa shape index (κ2) is 8.36. The van der Waals surface area contributed by atoms with Crippen molar-refractivity contribution >= 4 is 18.3 Å². The van der Waals surface area contributed by atoms with Crippen LogP contribution in [0.3, 0.4) is 0 Å². The van der Waals surface area contributed by atoms with Crippen LogP contribution in [0.4, 0.5) is 13.2 Å². The van der Waals surface area contributed by atoms with Crippen LogP contribution >= 0.6 is 12.4 Å². The standard InChI is InChI=1S/C18H17F3N2O.ClH/c19-14-3-1-2-12(8-14)17-11-22-6-7-23(17)18(24)10-13-9-15(20)4-5-16(13)21;/h1-5,8-9,17,22H,6-7,10-11H2;1H. The molecule has 0 radical (unpaired) electrons. The van der Waals surface area contributed by atoms with Gasteiger partial charge in [0.05, 0.1) is 12.5 Å². The number of halogens is 4. The van der Waals surface area contributed by atoms with E-state index in [9.17, 15) is 18.0 Å². The maximum Gasteiger partial charge on any atom is 0.227 e. The summed E-state index contributed by atoms with van der Waals surface area (Å²) in [5.74, 6) is -1.87. The Hall–Kier alpha value is -2.05. The SMILES string of the molecule is Cl.O=C(Cc1cc(F)ccc1F)N1CCNCC1c1cccc(F)c1. The molecule has 1 amide bonds. The maximum absolute atomic E-state index is 13.8. The van der Waals surface area contributed by atoms with E-state index in [1.54, 1.807) is 17.0 Å². The molecule has 1 heterocycles. The molecule has 1 atom stereocenters. The summed E-state index contributed by atoms with van der Waals surface area (Å²) in [6.45, 7) is 1.51. The van der Waals surface area contributed by atoms with Gasteiger partial charge in [0.25, 0.3) is 0 Å². The van der Waals surface area contributed by atoms with Gasteiger partial charge in [-0.1, -0.05) is 12.1 Å². The van der Waals surface area contributed by atoms with Gasteiger partial charge in [0.1, 0.15) is 17.5 Å². The Labute approximate surface area is 150 Å². The molecule has 3 nitrogen and oxygen atoms in total. The minimum Gasteiger partial charge on any atom is -0.333 e. The monoisotopic (exact) mass is 370 g/mol. The summed E-state index contributed by atoms with van der Waals surface area (Å²) >= 11 is 0. The zero-order valence-corrected chi connectivity index (χ0v) is 14.2. The van der Waals surface area contributed by atoms with E-state index in [0.29, 0.717) is 25.2 Å². The Morgan fingerprint density at radius 3 is 2.64 bits per heavy atom. The van der Waals surface area contributed by atoms with Crippen LogP contribution in [0.2, 0.25) is 0 Å². The van der Waals surface area contributed by atoms with Crippen molar-refractivity contribution in [2.75, 3.05) is 19.6 Å². The Balaban J connectivity index is 0.00000225. The summed E-state index contributed by atoms with van der Waals surface area (Å²) in [6.07, 6.45) is -0.227. The summed E-state index contributed by atoms with van der Waals surface area (Å²) < 4.78 is 40.5. The van der Waals surface area contributed by atoms with E-state index in [2.05, 4.69) is 5.32 Å². The normalized spacial score (nSPS) is 17.1. The highest BCUT2D eigenvalue weighted by atomic mass is 35.5. The van der Waals surface area contributed by atoms with E-state index in [1.807, 2.05) is 0 Å². The average molecular weight is 371 g/mol. The molecule has 0 saturated carbocycles. The molecule has 1 fully saturated rings. The molecule has 0 spiro atoms. The zero-order valence-electron chi connectivity index (χ0n) is 13.3. The summed E-state index contributed by atoms with van der Waals surface area (Å²) in [4.78, 5) is 14.2. The largest absolute Gasteiger partial charge is 0.333 e. The molecule has 25 heavy (non-hydrogen) atoms. The van der Waals surface area contributed by atoms with E-state index in [1.165, 1.54) is 12.1 Å². The topological polar surface area (TPSA) is 32.3 Å². The van der Waals surface area contributed by atoms with E-state index < -0.39 is 11.6 Å². The zero-order chi connectivity index (χ0) is 17.1. The number of carbonyl (C=O) groups is 1. The first kappa shape index (κ1) is 19.3. The molecule has 134 valence electrons. The molecular weight excluding hydrogens is 353 g/mol. The number of nitrogens with zero attached hydrogens (tertiary/aromatic N) is 1. The molecule has 1 aliphatic rings. The first-order valence-corrected chi connectivity index (χ1v) is 7.74. The van der Waals surface area contributed by atoms with Gasteiger partial charge >= 0.3 is 0 Å². The van der Waals surface area contributed by atoms with Crippen LogP contribution in [0.1, 0.15) is 17.2 Å². The molecule has 1 unspecified atom stereocenters. The summed E-state index contributed by atoms with van der Waals surface area (Å²) in [7, 11) is 0. The summed E-state index contributed by atoms with van der Waals surface area (Å²) in [6, 6.07) is 8.81. The van der Waals surface area contributed by atoms with Crippen molar-refractivity contribution in [2.24, 2.45) is 0 Å². The molecule has 2 aromatic rings. The Morgan fingerprint density at radius 2 is 1.88 bits per heavy atom. The van der Waals surface area contributed by atoms with E-state index in [4.69, 9.17) is 0 Å². The molecule has 3 rings (SSSR count). The quantitative estimate of drug-likeness (QED) is 0.899. The third-order valence-electron chi connectivity index (χ3n) is 4.15. The van der Waals surface area contributed by atoms with Gasteiger partial charge in [-0.25, -0.2) is 13.2 Å². The molecule has 7 heteroatoms. The first-order chi connectivity index (χ1) is 11.5. The van der Waals surface area contributed by atoms with Crippen molar-refractivity contribution in [1.82, 2.24) is 10.2 Å². The highest BCUT2D eigenvalue weighted by molar-refractivity contribution is 5.85. The fourth-order valence-electron chi connectivity index (χ4n) is 2.96. The summed E-state index contributed by atoms with van der Waals surface area (Å²) in [5, 5.41) is 3.17. The number of amides is 1. The van der Waals surface area contributed by atoms with Crippen LogP contribution in [-0.4, -0.2) is 30.4 Å². The lowest BCUT2D eigenvalue weighted by molar-refractivity contribution is -0.133. The first-order valence-electron chi connectivity index (χ1n) is 7.74. The second-order valence-electron chi connectivity index (χ2n) is 5.77. The number of nitrogens with one attached hydrogen (secondary N) is 1. The van der Waals surface area contributed by atoms with Crippen LogP contribution in [0.5, 0.6) is 0 Å². The third kappa shape index (κ3) is 4.52. The fraction of sp³-hybridized carbons (Fsp3) is 0.278. The molecule has 1 aliphatic heterocycles. The van der Waals surface area contributed by atoms with Gasteiger partial charge in [0, 0.05) is 25.2 Å². The highest BCUT2D eigenvalue weighted by Crippen LogP contribution is 2.24. The van der Waals surface area contributed by atoms with Gasteiger partial charge in [-0.15, -0.1) is 12.4 Å². The van der Waals surface area contributed by atoms with E-state index in [-0.39, 0.29) is 42.2 Å². The van der Waals surface area contributed by atoms with Crippen LogP contribution in [0, 0.1) is 17.5 Å². The molecular formula is C18H18ClF3N2O. The maximum atomic E-state index is 13.8. The second-order valence-corrected chi connectivity index (χ2v) is 5.77. The molecule has 0 aromatic heterocycles. The van der Waals surface area contributed by atoms with Gasteiger partial charge in [0.15, 0.2) is 0 Å². The van der Waals surface area contributed by atoms with Crippen molar-refractivity contribution < 1.29 is 18.0 Å². The molecule has 0 aliphatic carbocycles. The number of piperazine rings is 1. The van der Waals surface area contributed by atoms with Crippen molar-refractivity contribution in [3.8, 4) is 0 Å². The molecule has 1 N–H and O–H groups in total. The van der Waals surface area contributed by atoms with Crippen molar-refractivity contribution in [1.29, 1.82) is 0 Å². The number of hydrogen-bond donors (Lipinski definition) is 1. The number of hydrogen-bond acceptors (Lipinski definition) is 2. The smallest absolute Gasteiger partial charge is 0.227 e.